The van der Waals surface area contributed by atoms with Crippen molar-refractivity contribution >= 4 is 11.9 Å². The normalized spacial score (nSPS) is 42.5. The number of hydrogen-bond acceptors (Lipinski definition) is 7. The first-order valence-electron chi connectivity index (χ1n) is 19.8. The summed E-state index contributed by atoms with van der Waals surface area (Å²) in [6.45, 7) is 13.3. The van der Waals surface area contributed by atoms with Gasteiger partial charge in [-0.25, -0.2) is 4.39 Å². The van der Waals surface area contributed by atoms with Crippen molar-refractivity contribution in [2.75, 3.05) is 6.54 Å². The van der Waals surface area contributed by atoms with Crippen LogP contribution in [0.1, 0.15) is 103 Å². The number of rotatable bonds is 7. The van der Waals surface area contributed by atoms with Crippen LogP contribution in [0, 0.1) is 58.1 Å². The quantitative estimate of drug-likeness (QED) is 0.313. The van der Waals surface area contributed by atoms with E-state index in [0.717, 1.165) is 68.2 Å². The minimum Gasteiger partial charge on any atom is -0.461 e. The lowest BCUT2D eigenvalue weighted by molar-refractivity contribution is -0.179. The lowest BCUT2D eigenvalue weighted by atomic mass is 9.43. The zero-order chi connectivity index (χ0) is 37.0. The van der Waals surface area contributed by atoms with Crippen molar-refractivity contribution in [1.29, 1.82) is 0 Å². The molecule has 1 amide bonds. The van der Waals surface area contributed by atoms with E-state index in [1.165, 1.54) is 12.1 Å². The van der Waals surface area contributed by atoms with E-state index in [1.54, 1.807) is 18.0 Å². The van der Waals surface area contributed by atoms with E-state index < -0.39 is 17.7 Å². The number of ether oxygens (including phenoxy) is 2. The maximum absolute atomic E-state index is 14.2. The Bertz CT molecular complexity index is 1720. The number of amides is 1. The van der Waals surface area contributed by atoms with E-state index in [2.05, 4.69) is 32.7 Å². The molecular weight excluding hydrogens is 657 g/mol. The Balaban J connectivity index is 1.00. The first-order valence-corrected chi connectivity index (χ1v) is 19.8. The Kier molecular flexibility index (Phi) is 8.56. The van der Waals surface area contributed by atoms with Gasteiger partial charge in [0.05, 0.1) is 36.0 Å². The molecule has 12 atom stereocenters. The van der Waals surface area contributed by atoms with Gasteiger partial charge in [-0.1, -0.05) is 39.8 Å². The molecule has 1 aliphatic heterocycles. The van der Waals surface area contributed by atoms with Gasteiger partial charge in [0, 0.05) is 31.6 Å². The number of halogens is 1. The van der Waals surface area contributed by atoms with Crippen molar-refractivity contribution in [2.24, 2.45) is 51.1 Å². The summed E-state index contributed by atoms with van der Waals surface area (Å²) >= 11 is 0. The van der Waals surface area contributed by atoms with E-state index in [9.17, 15) is 19.1 Å². The van der Waals surface area contributed by atoms with Crippen LogP contribution in [-0.4, -0.2) is 63.4 Å². The molecule has 8 rings (SSSR count). The zero-order valence-electron chi connectivity index (χ0n) is 31.9. The molecule has 2 heterocycles. The SMILES string of the molecule is CC(=O)N(Cc1cc(C)cc(F)c1)CC1C[C@@H](C)[C@H]2[C@@H](O1)[C@H](O)[C@@]1(N)C3CC[C@H]4C(C)(C)C(OC(=O)Cc5ccccn5)CCC45CC35CCC21C. The number of carbonyl (C=O) groups excluding carboxylic acids is 2. The van der Waals surface area contributed by atoms with Crippen molar-refractivity contribution in [3.05, 3.63) is 65.2 Å². The number of aliphatic hydroxyl groups is 1. The van der Waals surface area contributed by atoms with Crippen LogP contribution in [0.2, 0.25) is 0 Å². The molecule has 0 bridgehead atoms. The maximum Gasteiger partial charge on any atom is 0.312 e. The zero-order valence-corrected chi connectivity index (χ0v) is 31.9. The number of pyridine rings is 1. The van der Waals surface area contributed by atoms with Crippen LogP contribution in [0.4, 0.5) is 4.39 Å². The molecular formula is C43H58FN3O5. The monoisotopic (exact) mass is 715 g/mol. The van der Waals surface area contributed by atoms with Gasteiger partial charge in [0.15, 0.2) is 0 Å². The topological polar surface area (TPSA) is 115 Å². The number of fused-ring (bicyclic) bond motifs is 4. The third-order valence-corrected chi connectivity index (χ3v) is 16.0. The standard InChI is InChI=1S/C43H58FN3O5/c1-25-17-28(20-29(44)18-25)22-47(27(3)48)23-31-19-26(2)36-37(51-31)38(50)43(45)33-11-10-32-39(4,5)34(52-35(49)21-30-9-7-8-16-46-30)12-13-41(32)24-42(33,41)15-14-40(36,43)6/h7-9,16-18,20,26,31-34,36-38,50H,10-15,19,21-24,45H2,1-6H3/t26-,31?,32+,33?,34?,36+,37-,38+,40?,41?,42?,43+/m1/s1. The summed E-state index contributed by atoms with van der Waals surface area (Å²) in [7, 11) is 0. The number of carbonyl (C=O) groups is 2. The first kappa shape index (κ1) is 36.1. The van der Waals surface area contributed by atoms with Gasteiger partial charge in [-0.3, -0.25) is 14.6 Å². The van der Waals surface area contributed by atoms with Crippen LogP contribution >= 0.6 is 0 Å². The summed E-state index contributed by atoms with van der Waals surface area (Å²) in [5, 5.41) is 12.5. The predicted molar refractivity (Wildman–Crippen MR) is 195 cm³/mol. The molecule has 1 saturated heterocycles. The second kappa shape index (κ2) is 12.3. The highest BCUT2D eigenvalue weighted by Crippen LogP contribution is 2.87. The molecule has 5 aliphatic carbocycles. The Morgan fingerprint density at radius 2 is 1.83 bits per heavy atom. The average molecular weight is 716 g/mol. The third kappa shape index (κ3) is 5.18. The second-order valence-corrected chi connectivity index (χ2v) is 18.8. The summed E-state index contributed by atoms with van der Waals surface area (Å²) < 4.78 is 27.4. The van der Waals surface area contributed by atoms with Gasteiger partial charge >= 0.3 is 5.97 Å². The molecule has 2 aromatic rings. The Morgan fingerprint density at radius 3 is 2.54 bits per heavy atom. The number of aryl methyl sites for hydroxylation is 1. The first-order chi connectivity index (χ1) is 24.6. The van der Waals surface area contributed by atoms with Crippen molar-refractivity contribution in [2.45, 2.75) is 136 Å². The van der Waals surface area contributed by atoms with Crippen molar-refractivity contribution < 1.29 is 28.6 Å². The van der Waals surface area contributed by atoms with E-state index >= 15 is 0 Å². The van der Waals surface area contributed by atoms with E-state index in [0.29, 0.717) is 19.0 Å². The van der Waals surface area contributed by atoms with Crippen LogP contribution in [0.15, 0.2) is 42.6 Å². The molecule has 52 heavy (non-hydrogen) atoms. The highest BCUT2D eigenvalue weighted by atomic mass is 19.1. The number of benzene rings is 1. The maximum atomic E-state index is 14.2. The minimum absolute atomic E-state index is 0.0794. The summed E-state index contributed by atoms with van der Waals surface area (Å²) in [5.74, 6) is 0.396. The summed E-state index contributed by atoms with van der Waals surface area (Å²) in [5.41, 5.74) is 9.11. The number of hydrogen-bond donors (Lipinski definition) is 2. The van der Waals surface area contributed by atoms with Crippen LogP contribution in [-0.2, 0) is 32.0 Å². The van der Waals surface area contributed by atoms with Gasteiger partial charge < -0.3 is 25.2 Å². The minimum atomic E-state index is -0.808. The molecule has 6 unspecified atom stereocenters. The molecule has 2 spiro atoms. The fourth-order valence-corrected chi connectivity index (χ4v) is 13.9. The molecule has 282 valence electrons. The molecule has 5 saturated carbocycles. The Hall–Kier alpha value is -2.88. The lowest BCUT2D eigenvalue weighted by Gasteiger charge is -2.63. The molecule has 0 radical (unpaired) electrons. The van der Waals surface area contributed by atoms with Gasteiger partial charge in [-0.05, 0) is 134 Å². The molecule has 8 nitrogen and oxygen atoms in total. The number of aliphatic hydroxyl groups excluding tert-OH is 1. The van der Waals surface area contributed by atoms with Gasteiger partial charge in [0.25, 0.3) is 0 Å². The van der Waals surface area contributed by atoms with Crippen LogP contribution in [0.5, 0.6) is 0 Å². The van der Waals surface area contributed by atoms with Crippen LogP contribution in [0.3, 0.4) is 0 Å². The molecule has 6 aliphatic rings. The molecule has 9 heteroatoms. The number of nitrogens with two attached hydrogens (primary N) is 1. The van der Waals surface area contributed by atoms with Gasteiger partial charge in [0.2, 0.25) is 5.91 Å². The highest BCUT2D eigenvalue weighted by Gasteiger charge is 2.85. The smallest absolute Gasteiger partial charge is 0.312 e. The van der Waals surface area contributed by atoms with Gasteiger partial charge in [-0.2, -0.15) is 0 Å². The van der Waals surface area contributed by atoms with E-state index in [4.69, 9.17) is 15.2 Å². The fourth-order valence-electron chi connectivity index (χ4n) is 13.9. The predicted octanol–water partition coefficient (Wildman–Crippen LogP) is 6.54. The summed E-state index contributed by atoms with van der Waals surface area (Å²) in [6.07, 6.45) is 8.13. The molecule has 1 aromatic heterocycles. The van der Waals surface area contributed by atoms with Crippen LogP contribution in [0.25, 0.3) is 0 Å². The number of esters is 1. The van der Waals surface area contributed by atoms with Crippen molar-refractivity contribution in [3.63, 3.8) is 0 Å². The van der Waals surface area contributed by atoms with Crippen molar-refractivity contribution in [3.8, 4) is 0 Å². The average Bonchev–Trinajstić information content (AvgIpc) is 3.70. The van der Waals surface area contributed by atoms with Gasteiger partial charge in [-0.15, -0.1) is 0 Å². The van der Waals surface area contributed by atoms with Crippen molar-refractivity contribution in [1.82, 2.24) is 9.88 Å². The molecule has 3 N–H and O–H groups in total. The molecule has 6 fully saturated rings. The Morgan fingerprint density at radius 1 is 1.08 bits per heavy atom. The molecule has 1 aromatic carbocycles. The lowest BCUT2D eigenvalue weighted by Crippen LogP contribution is -2.70. The fraction of sp³-hybridized carbons (Fsp3) is 0.698. The number of nitrogens with zero attached hydrogens (tertiary/aromatic N) is 2. The van der Waals surface area contributed by atoms with Crippen LogP contribution < -0.4 is 5.73 Å². The van der Waals surface area contributed by atoms with E-state index in [-0.39, 0.29) is 75.7 Å². The second-order valence-electron chi connectivity index (χ2n) is 18.8. The summed E-state index contributed by atoms with van der Waals surface area (Å²) in [4.78, 5) is 32.0. The van der Waals surface area contributed by atoms with Gasteiger partial charge in [0.1, 0.15) is 11.9 Å². The Labute approximate surface area is 308 Å². The largest absolute Gasteiger partial charge is 0.461 e. The number of aromatic nitrogens is 1. The highest BCUT2D eigenvalue weighted by molar-refractivity contribution is 5.73. The summed E-state index contributed by atoms with van der Waals surface area (Å²) in [6, 6.07) is 10.5. The third-order valence-electron chi connectivity index (χ3n) is 16.0. The van der Waals surface area contributed by atoms with E-state index in [1.807, 2.05) is 31.2 Å².